The molecule has 1 heterocycles. The molecule has 1 aliphatic heterocycles. The van der Waals surface area contributed by atoms with E-state index in [4.69, 9.17) is 14.2 Å². The average molecular weight is 250 g/mol. The Morgan fingerprint density at radius 2 is 2.28 bits per heavy atom. The van der Waals surface area contributed by atoms with Crippen molar-refractivity contribution < 1.29 is 24.1 Å². The first-order chi connectivity index (χ1) is 8.67. The van der Waals surface area contributed by atoms with Crippen LogP contribution in [0.4, 0.5) is 0 Å². The number of aliphatic hydroxyl groups is 1. The molecule has 0 spiro atoms. The molecule has 0 atom stereocenters. The first-order valence-corrected chi connectivity index (χ1v) is 5.57. The van der Waals surface area contributed by atoms with E-state index in [9.17, 15) is 9.90 Å². The van der Waals surface area contributed by atoms with Crippen molar-refractivity contribution in [1.29, 1.82) is 0 Å². The Morgan fingerprint density at radius 3 is 2.94 bits per heavy atom. The number of hydrogen-bond acceptors (Lipinski definition) is 5. The van der Waals surface area contributed by atoms with Gasteiger partial charge in [0.1, 0.15) is 29.4 Å². The zero-order valence-electron chi connectivity index (χ0n) is 10.2. The number of hydrogen-bond donors (Lipinski definition) is 1. The highest BCUT2D eigenvalue weighted by molar-refractivity contribution is 6.18. The zero-order valence-corrected chi connectivity index (χ0v) is 10.2. The summed E-state index contributed by atoms with van der Waals surface area (Å²) in [6, 6.07) is 5.02. The number of rotatable bonds is 3. The largest absolute Gasteiger partial charge is 0.508 e. The van der Waals surface area contributed by atoms with Crippen LogP contribution in [0.1, 0.15) is 12.5 Å². The van der Waals surface area contributed by atoms with Crippen LogP contribution < -0.4 is 9.47 Å². The monoisotopic (exact) mass is 250 g/mol. The number of methoxy groups -OCH3 is 1. The summed E-state index contributed by atoms with van der Waals surface area (Å²) in [5.41, 5.74) is 0.666. The molecule has 0 aromatic heterocycles. The lowest BCUT2D eigenvalue weighted by atomic mass is 10.0. The van der Waals surface area contributed by atoms with Gasteiger partial charge in [0.25, 0.3) is 0 Å². The lowest BCUT2D eigenvalue weighted by Crippen LogP contribution is -2.18. The molecular weight excluding hydrogens is 236 g/mol. The van der Waals surface area contributed by atoms with Gasteiger partial charge in [-0.3, -0.25) is 0 Å². The van der Waals surface area contributed by atoms with Crippen molar-refractivity contribution >= 4 is 11.5 Å². The van der Waals surface area contributed by atoms with Gasteiger partial charge in [0.2, 0.25) is 0 Å². The number of fused-ring (bicyclic) bond motifs is 1. The molecule has 0 fully saturated rings. The van der Waals surface area contributed by atoms with Gasteiger partial charge in [0.05, 0.1) is 13.7 Å². The van der Waals surface area contributed by atoms with Crippen LogP contribution in [0.2, 0.25) is 0 Å². The second-order valence-corrected chi connectivity index (χ2v) is 3.69. The number of ether oxygens (including phenoxy) is 3. The summed E-state index contributed by atoms with van der Waals surface area (Å²) in [5.74, 6) is 0.449. The summed E-state index contributed by atoms with van der Waals surface area (Å²) in [6.07, 6.45) is 0. The third-order valence-electron chi connectivity index (χ3n) is 2.59. The summed E-state index contributed by atoms with van der Waals surface area (Å²) < 4.78 is 15.3. The number of carbonyl (C=O) groups excluding carboxylic acids is 1. The highest BCUT2D eigenvalue weighted by Crippen LogP contribution is 2.35. The molecule has 1 aromatic rings. The fourth-order valence-electron chi connectivity index (χ4n) is 1.76. The van der Waals surface area contributed by atoms with Gasteiger partial charge in [0.15, 0.2) is 0 Å². The maximum absolute atomic E-state index is 11.8. The van der Waals surface area contributed by atoms with Crippen molar-refractivity contribution in [3.63, 3.8) is 0 Å². The maximum atomic E-state index is 11.8. The second-order valence-electron chi connectivity index (χ2n) is 3.69. The SMILES string of the molecule is CCOC(=O)C1=C(O)COc2cc(OC)ccc21. The Labute approximate surface area is 105 Å². The molecule has 5 heteroatoms. The normalized spacial score (nSPS) is 13.7. The molecule has 0 aliphatic carbocycles. The highest BCUT2D eigenvalue weighted by Gasteiger charge is 2.26. The van der Waals surface area contributed by atoms with Crippen LogP contribution in [0.15, 0.2) is 24.0 Å². The molecule has 18 heavy (non-hydrogen) atoms. The lowest BCUT2D eigenvalue weighted by Gasteiger charge is -2.20. The van der Waals surface area contributed by atoms with Gasteiger partial charge in [0, 0.05) is 11.6 Å². The van der Waals surface area contributed by atoms with Crippen molar-refractivity contribution in [3.05, 3.63) is 29.5 Å². The van der Waals surface area contributed by atoms with Crippen LogP contribution in [0.25, 0.3) is 5.57 Å². The van der Waals surface area contributed by atoms with Crippen LogP contribution in [-0.4, -0.2) is 31.4 Å². The standard InChI is InChI=1S/C13H14O5/c1-3-17-13(15)12-9-5-4-8(16-2)6-11(9)18-7-10(12)14/h4-6,14H,3,7H2,1-2H3. The molecule has 96 valence electrons. The number of benzene rings is 1. The molecule has 0 saturated heterocycles. The minimum atomic E-state index is -0.551. The summed E-state index contributed by atoms with van der Waals surface area (Å²) in [5, 5.41) is 9.76. The molecule has 1 N–H and O–H groups in total. The van der Waals surface area contributed by atoms with Crippen LogP contribution in [0.5, 0.6) is 11.5 Å². The Kier molecular flexibility index (Phi) is 3.41. The van der Waals surface area contributed by atoms with Gasteiger partial charge in [-0.1, -0.05) is 0 Å². The van der Waals surface area contributed by atoms with Crippen LogP contribution in [0.3, 0.4) is 0 Å². The Balaban J connectivity index is 2.45. The van der Waals surface area contributed by atoms with Gasteiger partial charge in [-0.15, -0.1) is 0 Å². The second kappa shape index (κ2) is 5.00. The van der Waals surface area contributed by atoms with Gasteiger partial charge < -0.3 is 19.3 Å². The van der Waals surface area contributed by atoms with Crippen molar-refractivity contribution in [2.75, 3.05) is 20.3 Å². The van der Waals surface area contributed by atoms with E-state index in [0.29, 0.717) is 17.1 Å². The van der Waals surface area contributed by atoms with Crippen molar-refractivity contribution in [2.24, 2.45) is 0 Å². The van der Waals surface area contributed by atoms with Gasteiger partial charge in [-0.25, -0.2) is 4.79 Å². The quantitative estimate of drug-likeness (QED) is 0.830. The van der Waals surface area contributed by atoms with Crippen molar-refractivity contribution in [2.45, 2.75) is 6.92 Å². The highest BCUT2D eigenvalue weighted by atomic mass is 16.5. The molecule has 1 aliphatic rings. The van der Waals surface area contributed by atoms with E-state index in [1.165, 1.54) is 0 Å². The number of aliphatic hydroxyl groups excluding tert-OH is 1. The molecular formula is C13H14O5. The summed E-state index contributed by atoms with van der Waals surface area (Å²) >= 11 is 0. The molecule has 5 nitrogen and oxygen atoms in total. The topological polar surface area (TPSA) is 65.0 Å². The van der Waals surface area contributed by atoms with E-state index in [2.05, 4.69) is 0 Å². The summed E-state index contributed by atoms with van der Waals surface area (Å²) in [7, 11) is 1.55. The van der Waals surface area contributed by atoms with E-state index >= 15 is 0 Å². The third-order valence-corrected chi connectivity index (χ3v) is 2.59. The van der Waals surface area contributed by atoms with E-state index < -0.39 is 5.97 Å². The van der Waals surface area contributed by atoms with Crippen LogP contribution >= 0.6 is 0 Å². The molecule has 0 radical (unpaired) electrons. The Morgan fingerprint density at radius 1 is 1.50 bits per heavy atom. The maximum Gasteiger partial charge on any atom is 0.342 e. The van der Waals surface area contributed by atoms with Crippen molar-refractivity contribution in [3.8, 4) is 11.5 Å². The van der Waals surface area contributed by atoms with E-state index in [-0.39, 0.29) is 24.5 Å². The zero-order chi connectivity index (χ0) is 13.1. The third kappa shape index (κ3) is 2.11. The van der Waals surface area contributed by atoms with Crippen LogP contribution in [-0.2, 0) is 9.53 Å². The summed E-state index contributed by atoms with van der Waals surface area (Å²) in [6.45, 7) is 1.92. The number of esters is 1. The smallest absolute Gasteiger partial charge is 0.342 e. The Hall–Kier alpha value is -2.17. The minimum absolute atomic E-state index is 0.0473. The molecule has 0 saturated carbocycles. The van der Waals surface area contributed by atoms with Crippen molar-refractivity contribution in [1.82, 2.24) is 0 Å². The minimum Gasteiger partial charge on any atom is -0.508 e. The fraction of sp³-hybridized carbons (Fsp3) is 0.308. The first-order valence-electron chi connectivity index (χ1n) is 5.57. The van der Waals surface area contributed by atoms with Gasteiger partial charge in [-0.2, -0.15) is 0 Å². The fourth-order valence-corrected chi connectivity index (χ4v) is 1.76. The predicted molar refractivity (Wildman–Crippen MR) is 64.7 cm³/mol. The van der Waals surface area contributed by atoms with Crippen LogP contribution in [0, 0.1) is 0 Å². The first kappa shape index (κ1) is 12.3. The number of carbonyl (C=O) groups is 1. The predicted octanol–water partition coefficient (Wildman–Crippen LogP) is 1.92. The average Bonchev–Trinajstić information content (AvgIpc) is 2.38. The van der Waals surface area contributed by atoms with E-state index in [0.717, 1.165) is 0 Å². The Bertz CT molecular complexity index is 504. The lowest BCUT2D eigenvalue weighted by molar-refractivity contribution is -0.136. The van der Waals surface area contributed by atoms with E-state index in [1.807, 2.05) is 0 Å². The molecule has 1 aromatic carbocycles. The molecule has 0 unspecified atom stereocenters. The van der Waals surface area contributed by atoms with Gasteiger partial charge >= 0.3 is 5.97 Å². The van der Waals surface area contributed by atoms with Gasteiger partial charge in [-0.05, 0) is 19.1 Å². The molecule has 0 amide bonds. The molecule has 0 bridgehead atoms. The summed E-state index contributed by atoms with van der Waals surface area (Å²) in [4.78, 5) is 11.8. The van der Waals surface area contributed by atoms with E-state index in [1.54, 1.807) is 32.2 Å². The molecule has 2 rings (SSSR count).